The fourth-order valence-corrected chi connectivity index (χ4v) is 4.37. The minimum Gasteiger partial charge on any atom is -0.452 e. The summed E-state index contributed by atoms with van der Waals surface area (Å²) >= 11 is 6.31. The second-order valence-electron chi connectivity index (χ2n) is 8.73. The van der Waals surface area contributed by atoms with E-state index in [-0.39, 0.29) is 16.9 Å². The van der Waals surface area contributed by atoms with Crippen LogP contribution < -0.4 is 10.2 Å². The molecule has 0 amide bonds. The van der Waals surface area contributed by atoms with Crippen LogP contribution in [0.1, 0.15) is 28.2 Å². The van der Waals surface area contributed by atoms with Crippen LogP contribution in [0.3, 0.4) is 0 Å². The summed E-state index contributed by atoms with van der Waals surface area (Å²) in [5.41, 5.74) is 3.90. The first-order valence-electron chi connectivity index (χ1n) is 11.6. The van der Waals surface area contributed by atoms with Gasteiger partial charge in [-0.05, 0) is 42.7 Å². The van der Waals surface area contributed by atoms with Crippen LogP contribution in [0.15, 0.2) is 106 Å². The molecule has 5 aromatic rings. The maximum atomic E-state index is 13.7. The number of esters is 1. The summed E-state index contributed by atoms with van der Waals surface area (Å²) in [4.78, 5) is 27.4. The van der Waals surface area contributed by atoms with E-state index in [1.54, 1.807) is 12.1 Å². The maximum Gasteiger partial charge on any atom is 0.323 e. The lowest BCUT2D eigenvalue weighted by Crippen LogP contribution is -2.23. The van der Waals surface area contributed by atoms with Gasteiger partial charge in [-0.25, -0.2) is 0 Å². The van der Waals surface area contributed by atoms with E-state index in [1.165, 1.54) is 0 Å². The highest BCUT2D eigenvalue weighted by atomic mass is 35.5. The van der Waals surface area contributed by atoms with Crippen LogP contribution in [0.2, 0.25) is 5.02 Å². The average molecular weight is 495 g/mol. The van der Waals surface area contributed by atoms with Gasteiger partial charge in [0.15, 0.2) is 5.76 Å². The molecule has 0 unspecified atom stereocenters. The van der Waals surface area contributed by atoms with Crippen LogP contribution in [0.5, 0.6) is 5.75 Å². The molecule has 0 N–H and O–H groups in total. The van der Waals surface area contributed by atoms with Crippen molar-refractivity contribution in [2.24, 2.45) is 0 Å². The van der Waals surface area contributed by atoms with Crippen molar-refractivity contribution >= 4 is 28.5 Å². The fraction of sp³-hybridized carbons (Fsp3) is 0.0968. The number of ether oxygens (including phenoxy) is 1. The van der Waals surface area contributed by atoms with E-state index >= 15 is 0 Å². The number of halogens is 1. The number of carbonyl (C=O) groups excluding carboxylic acids is 1. The van der Waals surface area contributed by atoms with E-state index in [0.29, 0.717) is 16.2 Å². The SMILES string of the molecule is Cc1ccc(-c2oc3cc(C)c(Cl)cc3c(=O)c2OC(=O)C(c2ccccc2)c2ccccc2)cc1. The second kappa shape index (κ2) is 9.84. The molecule has 0 radical (unpaired) electrons. The molecule has 4 nitrogen and oxygen atoms in total. The number of carbonyl (C=O) groups is 1. The lowest BCUT2D eigenvalue weighted by atomic mass is 9.91. The summed E-state index contributed by atoms with van der Waals surface area (Å²) in [7, 11) is 0. The Balaban J connectivity index is 1.68. The monoisotopic (exact) mass is 494 g/mol. The molecule has 0 aliphatic rings. The van der Waals surface area contributed by atoms with Crippen LogP contribution in [0, 0.1) is 13.8 Å². The highest BCUT2D eigenvalue weighted by molar-refractivity contribution is 6.32. The van der Waals surface area contributed by atoms with E-state index in [4.69, 9.17) is 20.8 Å². The van der Waals surface area contributed by atoms with Gasteiger partial charge < -0.3 is 9.15 Å². The normalized spacial score (nSPS) is 11.1. The summed E-state index contributed by atoms with van der Waals surface area (Å²) in [6.07, 6.45) is 0. The summed E-state index contributed by atoms with van der Waals surface area (Å²) in [6, 6.07) is 29.5. The molecule has 0 aliphatic carbocycles. The number of rotatable bonds is 5. The van der Waals surface area contributed by atoms with E-state index < -0.39 is 17.3 Å². The Morgan fingerprint density at radius 2 is 1.42 bits per heavy atom. The fourth-order valence-electron chi connectivity index (χ4n) is 4.20. The zero-order chi connectivity index (χ0) is 25.2. The van der Waals surface area contributed by atoms with Crippen molar-refractivity contribution in [2.45, 2.75) is 19.8 Å². The van der Waals surface area contributed by atoms with Gasteiger partial charge in [-0.3, -0.25) is 9.59 Å². The van der Waals surface area contributed by atoms with E-state index in [9.17, 15) is 9.59 Å². The van der Waals surface area contributed by atoms with Gasteiger partial charge in [0.05, 0.1) is 5.39 Å². The number of hydrogen-bond acceptors (Lipinski definition) is 4. The molecule has 4 aromatic carbocycles. The molecule has 5 rings (SSSR count). The summed E-state index contributed by atoms with van der Waals surface area (Å²) < 4.78 is 12.1. The number of benzene rings is 4. The molecule has 36 heavy (non-hydrogen) atoms. The second-order valence-corrected chi connectivity index (χ2v) is 9.14. The van der Waals surface area contributed by atoms with Gasteiger partial charge in [-0.2, -0.15) is 0 Å². The Morgan fingerprint density at radius 1 is 0.833 bits per heavy atom. The minimum atomic E-state index is -0.727. The van der Waals surface area contributed by atoms with Crippen molar-refractivity contribution < 1.29 is 13.9 Å². The van der Waals surface area contributed by atoms with Gasteiger partial charge in [-0.15, -0.1) is 0 Å². The van der Waals surface area contributed by atoms with Gasteiger partial charge in [0, 0.05) is 10.6 Å². The third-order valence-electron chi connectivity index (χ3n) is 6.15. The Bertz CT molecular complexity index is 1570. The van der Waals surface area contributed by atoms with Gasteiger partial charge >= 0.3 is 5.97 Å². The lowest BCUT2D eigenvalue weighted by Gasteiger charge is -2.18. The average Bonchev–Trinajstić information content (AvgIpc) is 2.89. The Hall–Kier alpha value is -4.15. The highest BCUT2D eigenvalue weighted by Crippen LogP contribution is 2.35. The van der Waals surface area contributed by atoms with Gasteiger partial charge in [0.2, 0.25) is 11.2 Å². The van der Waals surface area contributed by atoms with Crippen LogP contribution >= 0.6 is 11.6 Å². The van der Waals surface area contributed by atoms with Gasteiger partial charge in [0.1, 0.15) is 11.5 Å². The largest absolute Gasteiger partial charge is 0.452 e. The molecule has 5 heteroatoms. The first-order valence-corrected chi connectivity index (χ1v) is 12.0. The first-order chi connectivity index (χ1) is 17.4. The van der Waals surface area contributed by atoms with Crippen LogP contribution in [-0.4, -0.2) is 5.97 Å². The zero-order valence-electron chi connectivity index (χ0n) is 19.8. The van der Waals surface area contributed by atoms with E-state index in [1.807, 2.05) is 98.8 Å². The predicted octanol–water partition coefficient (Wildman–Crippen LogP) is 7.47. The zero-order valence-corrected chi connectivity index (χ0v) is 20.6. The molecule has 1 aromatic heterocycles. The van der Waals surface area contributed by atoms with Gasteiger partial charge in [-0.1, -0.05) is 102 Å². The first kappa shape index (κ1) is 23.6. The molecule has 0 atom stereocenters. The quantitative estimate of drug-likeness (QED) is 0.238. The van der Waals surface area contributed by atoms with Crippen molar-refractivity contribution in [1.29, 1.82) is 0 Å². The molecule has 0 fully saturated rings. The van der Waals surface area contributed by atoms with Crippen molar-refractivity contribution in [2.75, 3.05) is 0 Å². The van der Waals surface area contributed by atoms with Crippen LogP contribution in [0.4, 0.5) is 0 Å². The molecular formula is C31H23ClO4. The predicted molar refractivity (Wildman–Crippen MR) is 143 cm³/mol. The summed E-state index contributed by atoms with van der Waals surface area (Å²) in [5.74, 6) is -1.27. The van der Waals surface area contributed by atoms with Crippen molar-refractivity contribution in [3.63, 3.8) is 0 Å². The minimum absolute atomic E-state index is 0.159. The van der Waals surface area contributed by atoms with Crippen molar-refractivity contribution in [3.05, 3.63) is 135 Å². The Labute approximate surface area is 213 Å². The molecule has 178 valence electrons. The Morgan fingerprint density at radius 3 is 2.00 bits per heavy atom. The van der Waals surface area contributed by atoms with E-state index in [0.717, 1.165) is 22.3 Å². The maximum absolute atomic E-state index is 13.7. The summed E-state index contributed by atoms with van der Waals surface area (Å²) in [6.45, 7) is 3.81. The molecule has 0 bridgehead atoms. The highest BCUT2D eigenvalue weighted by Gasteiger charge is 2.28. The smallest absolute Gasteiger partial charge is 0.323 e. The van der Waals surface area contributed by atoms with Crippen LogP contribution in [-0.2, 0) is 4.79 Å². The third kappa shape index (κ3) is 4.56. The molecular weight excluding hydrogens is 472 g/mol. The van der Waals surface area contributed by atoms with Crippen LogP contribution in [0.25, 0.3) is 22.3 Å². The van der Waals surface area contributed by atoms with E-state index in [2.05, 4.69) is 0 Å². The Kier molecular flexibility index (Phi) is 6.45. The number of aryl methyl sites for hydroxylation is 2. The van der Waals surface area contributed by atoms with Crippen molar-refractivity contribution in [1.82, 2.24) is 0 Å². The van der Waals surface area contributed by atoms with Gasteiger partial charge in [0.25, 0.3) is 0 Å². The number of fused-ring (bicyclic) bond motifs is 1. The standard InChI is InChI=1S/C31H23ClO4/c1-19-13-15-23(16-14-19)29-30(28(33)24-18-25(32)20(2)17-26(24)35-29)36-31(34)27(21-9-5-3-6-10-21)22-11-7-4-8-12-22/h3-18,27H,1-2H3. The molecule has 1 heterocycles. The molecule has 0 aliphatic heterocycles. The molecule has 0 spiro atoms. The lowest BCUT2D eigenvalue weighted by molar-refractivity contribution is -0.135. The number of hydrogen-bond donors (Lipinski definition) is 0. The summed E-state index contributed by atoms with van der Waals surface area (Å²) in [5, 5.41) is 0.682. The molecule has 0 saturated heterocycles. The third-order valence-corrected chi connectivity index (χ3v) is 6.56. The molecule has 0 saturated carbocycles. The topological polar surface area (TPSA) is 56.5 Å². The van der Waals surface area contributed by atoms with Crippen molar-refractivity contribution in [3.8, 4) is 17.1 Å².